The van der Waals surface area contributed by atoms with Crippen LogP contribution in [0.15, 0.2) is 42.5 Å². The predicted molar refractivity (Wildman–Crippen MR) is 103 cm³/mol. The number of aryl methyl sites for hydroxylation is 2. The zero-order valence-electron chi connectivity index (χ0n) is 16.1. The monoisotopic (exact) mass is 385 g/mol. The van der Waals surface area contributed by atoms with E-state index in [1.165, 1.54) is 13.2 Å². The number of methoxy groups -OCH3 is 1. The molecule has 0 aliphatic rings. The first kappa shape index (κ1) is 21.0. The Morgan fingerprint density at radius 1 is 1.00 bits per heavy atom. The van der Waals surface area contributed by atoms with Crippen molar-refractivity contribution in [2.45, 2.75) is 20.3 Å². The molecule has 0 fully saturated rings. The summed E-state index contributed by atoms with van der Waals surface area (Å²) in [5.74, 6) is -0.882. The van der Waals surface area contributed by atoms with Gasteiger partial charge in [-0.2, -0.15) is 0 Å². The largest absolute Gasteiger partial charge is 0.493 e. The molecule has 0 saturated heterocycles. The highest BCUT2D eigenvalue weighted by Gasteiger charge is 2.12. The zero-order chi connectivity index (χ0) is 20.5. The van der Waals surface area contributed by atoms with Crippen molar-refractivity contribution in [3.8, 4) is 5.75 Å². The van der Waals surface area contributed by atoms with Crippen LogP contribution in [0.1, 0.15) is 27.9 Å². The summed E-state index contributed by atoms with van der Waals surface area (Å²) in [4.78, 5) is 35.3. The molecule has 28 heavy (non-hydrogen) atoms. The van der Waals surface area contributed by atoms with Gasteiger partial charge in [0.2, 0.25) is 0 Å². The Labute approximate surface area is 163 Å². The van der Waals surface area contributed by atoms with Gasteiger partial charge >= 0.3 is 11.9 Å². The maximum absolute atomic E-state index is 12.0. The van der Waals surface area contributed by atoms with Crippen LogP contribution in [-0.2, 0) is 19.1 Å². The molecule has 0 aromatic heterocycles. The van der Waals surface area contributed by atoms with Crippen molar-refractivity contribution in [1.29, 1.82) is 0 Å². The molecule has 0 saturated carbocycles. The minimum atomic E-state index is -0.540. The van der Waals surface area contributed by atoms with Gasteiger partial charge in [-0.15, -0.1) is 0 Å². The number of anilines is 1. The summed E-state index contributed by atoms with van der Waals surface area (Å²) in [5.41, 5.74) is 2.64. The Kier molecular flexibility index (Phi) is 7.56. The van der Waals surface area contributed by atoms with E-state index < -0.39 is 24.5 Å². The second kappa shape index (κ2) is 10.1. The van der Waals surface area contributed by atoms with Crippen molar-refractivity contribution >= 4 is 23.5 Å². The summed E-state index contributed by atoms with van der Waals surface area (Å²) < 4.78 is 15.1. The molecule has 0 spiro atoms. The molecule has 7 heteroatoms. The van der Waals surface area contributed by atoms with Gasteiger partial charge in [-0.05, 0) is 43.7 Å². The second-order valence-corrected chi connectivity index (χ2v) is 6.14. The number of carbonyl (C=O) groups excluding carboxylic acids is 3. The normalized spacial score (nSPS) is 10.1. The van der Waals surface area contributed by atoms with E-state index in [1.807, 2.05) is 31.2 Å². The Morgan fingerprint density at radius 3 is 2.39 bits per heavy atom. The molecule has 148 valence electrons. The molecule has 2 rings (SSSR count). The van der Waals surface area contributed by atoms with Crippen LogP contribution in [0.2, 0.25) is 0 Å². The lowest BCUT2D eigenvalue weighted by molar-refractivity contribution is -0.147. The molecule has 1 N–H and O–H groups in total. The predicted octanol–water partition coefficient (Wildman–Crippen LogP) is 3.04. The summed E-state index contributed by atoms with van der Waals surface area (Å²) in [6.45, 7) is 3.49. The van der Waals surface area contributed by atoms with Gasteiger partial charge in [-0.1, -0.05) is 23.8 Å². The minimum absolute atomic E-state index is 0.0258. The average Bonchev–Trinajstić information content (AvgIpc) is 2.69. The lowest BCUT2D eigenvalue weighted by Gasteiger charge is -2.11. The molecular formula is C21H23NO6. The summed E-state index contributed by atoms with van der Waals surface area (Å²) in [6.07, 6.45) is 0.0258. The lowest BCUT2D eigenvalue weighted by atomic mass is 10.1. The smallest absolute Gasteiger partial charge is 0.337 e. The first-order valence-electron chi connectivity index (χ1n) is 8.73. The number of ether oxygens (including phenoxy) is 3. The lowest BCUT2D eigenvalue weighted by Crippen LogP contribution is -2.22. The van der Waals surface area contributed by atoms with Crippen LogP contribution in [0.5, 0.6) is 5.75 Å². The first-order valence-corrected chi connectivity index (χ1v) is 8.73. The molecule has 0 atom stereocenters. The van der Waals surface area contributed by atoms with Crippen LogP contribution in [0.3, 0.4) is 0 Å². The molecule has 7 nitrogen and oxygen atoms in total. The van der Waals surface area contributed by atoms with E-state index in [9.17, 15) is 14.4 Å². The molecule has 1 amide bonds. The van der Waals surface area contributed by atoms with Gasteiger partial charge in [0.05, 0.1) is 25.7 Å². The molecule has 0 aliphatic carbocycles. The average molecular weight is 385 g/mol. The number of hydrogen-bond donors (Lipinski definition) is 1. The third kappa shape index (κ3) is 6.42. The van der Waals surface area contributed by atoms with Crippen LogP contribution in [0.4, 0.5) is 5.69 Å². The topological polar surface area (TPSA) is 90.9 Å². The molecule has 2 aromatic carbocycles. The van der Waals surface area contributed by atoms with Gasteiger partial charge in [0.25, 0.3) is 5.91 Å². The van der Waals surface area contributed by atoms with Crippen molar-refractivity contribution in [1.82, 2.24) is 0 Å². The van der Waals surface area contributed by atoms with Gasteiger partial charge in [-0.3, -0.25) is 9.59 Å². The van der Waals surface area contributed by atoms with Gasteiger partial charge in [-0.25, -0.2) is 4.79 Å². The molecule has 2 aromatic rings. The SMILES string of the molecule is COC(=O)c1ccc(C)c(NC(=O)COC(=O)CCOc2ccc(C)cc2)c1. The zero-order valence-corrected chi connectivity index (χ0v) is 16.1. The Morgan fingerprint density at radius 2 is 1.71 bits per heavy atom. The van der Waals surface area contributed by atoms with Crippen molar-refractivity contribution < 1.29 is 28.6 Å². The van der Waals surface area contributed by atoms with Gasteiger partial charge in [0.15, 0.2) is 6.61 Å². The van der Waals surface area contributed by atoms with Crippen molar-refractivity contribution in [2.24, 2.45) is 0 Å². The van der Waals surface area contributed by atoms with Crippen LogP contribution < -0.4 is 10.1 Å². The fourth-order valence-electron chi connectivity index (χ4n) is 2.29. The van der Waals surface area contributed by atoms with Crippen molar-refractivity contribution in [2.75, 3.05) is 25.6 Å². The number of rotatable bonds is 8. The first-order chi connectivity index (χ1) is 13.4. The van der Waals surface area contributed by atoms with E-state index >= 15 is 0 Å². The van der Waals surface area contributed by atoms with Crippen LogP contribution in [0, 0.1) is 13.8 Å². The van der Waals surface area contributed by atoms with E-state index in [0.717, 1.165) is 11.1 Å². The van der Waals surface area contributed by atoms with E-state index in [1.54, 1.807) is 19.1 Å². The third-order valence-corrected chi connectivity index (χ3v) is 3.89. The molecule has 0 aliphatic heterocycles. The Hall–Kier alpha value is -3.35. The summed E-state index contributed by atoms with van der Waals surface area (Å²) in [7, 11) is 1.28. The number of esters is 2. The van der Waals surface area contributed by atoms with Gasteiger partial charge in [0, 0.05) is 5.69 Å². The number of carbonyl (C=O) groups is 3. The van der Waals surface area contributed by atoms with Gasteiger partial charge in [0.1, 0.15) is 5.75 Å². The Balaban J connectivity index is 1.76. The maximum atomic E-state index is 12.0. The summed E-state index contributed by atoms with van der Waals surface area (Å²) in [6, 6.07) is 12.3. The van der Waals surface area contributed by atoms with E-state index in [4.69, 9.17) is 9.47 Å². The number of hydrogen-bond acceptors (Lipinski definition) is 6. The van der Waals surface area contributed by atoms with Crippen molar-refractivity contribution in [3.63, 3.8) is 0 Å². The van der Waals surface area contributed by atoms with Gasteiger partial charge < -0.3 is 19.5 Å². The van der Waals surface area contributed by atoms with Crippen LogP contribution >= 0.6 is 0 Å². The highest BCUT2D eigenvalue weighted by Crippen LogP contribution is 2.17. The molecule has 0 unspecified atom stereocenters. The standard InChI is InChI=1S/C21H23NO6/c1-14-4-8-17(9-5-14)27-11-10-20(24)28-13-19(23)22-18-12-16(21(25)26-3)7-6-15(18)2/h4-9,12H,10-11,13H2,1-3H3,(H,22,23). The van der Waals surface area contributed by atoms with E-state index in [2.05, 4.69) is 10.1 Å². The maximum Gasteiger partial charge on any atom is 0.337 e. The van der Waals surface area contributed by atoms with Crippen LogP contribution in [-0.4, -0.2) is 38.2 Å². The second-order valence-electron chi connectivity index (χ2n) is 6.14. The summed E-state index contributed by atoms with van der Waals surface area (Å²) >= 11 is 0. The van der Waals surface area contributed by atoms with Crippen molar-refractivity contribution in [3.05, 3.63) is 59.2 Å². The number of nitrogens with one attached hydrogen (secondary N) is 1. The molecule has 0 radical (unpaired) electrons. The molecule has 0 heterocycles. The number of amides is 1. The fourth-order valence-corrected chi connectivity index (χ4v) is 2.29. The highest BCUT2D eigenvalue weighted by molar-refractivity contribution is 5.96. The number of benzene rings is 2. The molecule has 0 bridgehead atoms. The van der Waals surface area contributed by atoms with E-state index in [-0.39, 0.29) is 13.0 Å². The highest BCUT2D eigenvalue weighted by atomic mass is 16.5. The van der Waals surface area contributed by atoms with E-state index in [0.29, 0.717) is 17.0 Å². The Bertz CT molecular complexity index is 844. The van der Waals surface area contributed by atoms with Crippen LogP contribution in [0.25, 0.3) is 0 Å². The fraction of sp³-hybridized carbons (Fsp3) is 0.286. The summed E-state index contributed by atoms with van der Waals surface area (Å²) in [5, 5.41) is 2.62. The quantitative estimate of drug-likeness (QED) is 0.703. The molecular weight excluding hydrogens is 362 g/mol. The third-order valence-electron chi connectivity index (χ3n) is 3.89. The minimum Gasteiger partial charge on any atom is -0.493 e.